The molecule has 0 aliphatic rings. The fourth-order valence-corrected chi connectivity index (χ4v) is 6.48. The summed E-state index contributed by atoms with van der Waals surface area (Å²) in [5.74, 6) is 0.855. The summed E-state index contributed by atoms with van der Waals surface area (Å²) in [7, 11) is 0. The second kappa shape index (κ2) is 10.2. The molecule has 9 aromatic rings. The SMILES string of the molecule is c1cncc(-c2ccc3c(c2)c2cc(-c4cccnc4)c4ccccc4c2n3-c2ccc(-c3ccc4ccccc4n3)cn2)c1. The lowest BCUT2D eigenvalue weighted by molar-refractivity contribution is 1.08. The van der Waals surface area contributed by atoms with Gasteiger partial charge in [0, 0.05) is 69.2 Å². The number of nitrogens with zero attached hydrogens (tertiary/aromatic N) is 5. The van der Waals surface area contributed by atoms with Crippen LogP contribution in [0.25, 0.3) is 82.8 Å². The molecule has 0 fully saturated rings. The van der Waals surface area contributed by atoms with Crippen molar-refractivity contribution in [2.45, 2.75) is 0 Å². The summed E-state index contributed by atoms with van der Waals surface area (Å²) in [5, 5.41) is 5.78. The van der Waals surface area contributed by atoms with E-state index in [-0.39, 0.29) is 0 Å². The Morgan fingerprint density at radius 2 is 1.27 bits per heavy atom. The van der Waals surface area contributed by atoms with Crippen LogP contribution >= 0.6 is 0 Å². The van der Waals surface area contributed by atoms with E-state index in [1.165, 1.54) is 5.39 Å². The van der Waals surface area contributed by atoms with Crippen LogP contribution in [0.2, 0.25) is 0 Å². The molecule has 0 aliphatic carbocycles. The standard InChI is InChI=1S/C40H25N5/c1-4-12-36-26(7-1)13-16-37(44-36)30-15-18-39(43-25-30)45-38-17-14-27(28-8-5-19-41-23-28)21-34(38)35-22-33(29-9-6-20-42-24-29)31-10-2-3-11-32(31)40(35)45/h1-25H. The van der Waals surface area contributed by atoms with E-state index in [2.05, 4.69) is 106 Å². The molecule has 5 nitrogen and oxygen atoms in total. The predicted molar refractivity (Wildman–Crippen MR) is 183 cm³/mol. The van der Waals surface area contributed by atoms with Crippen LogP contribution in [0.1, 0.15) is 0 Å². The minimum Gasteiger partial charge on any atom is -0.293 e. The highest BCUT2D eigenvalue weighted by molar-refractivity contribution is 6.22. The molecule has 0 N–H and O–H groups in total. The minimum atomic E-state index is 0.855. The van der Waals surface area contributed by atoms with E-state index in [9.17, 15) is 0 Å². The molecule has 0 unspecified atom stereocenters. The van der Waals surface area contributed by atoms with Crippen molar-refractivity contribution >= 4 is 43.5 Å². The fourth-order valence-electron chi connectivity index (χ4n) is 6.48. The first kappa shape index (κ1) is 25.3. The summed E-state index contributed by atoms with van der Waals surface area (Å²) in [5.41, 5.74) is 9.52. The smallest absolute Gasteiger partial charge is 0.137 e. The van der Waals surface area contributed by atoms with Gasteiger partial charge < -0.3 is 0 Å². The maximum absolute atomic E-state index is 5.05. The Bertz CT molecular complexity index is 2520. The van der Waals surface area contributed by atoms with E-state index >= 15 is 0 Å². The molecule has 45 heavy (non-hydrogen) atoms. The Balaban J connectivity index is 1.31. The zero-order chi connectivity index (χ0) is 29.7. The van der Waals surface area contributed by atoms with Gasteiger partial charge in [-0.1, -0.05) is 66.7 Å². The second-order valence-corrected chi connectivity index (χ2v) is 11.2. The predicted octanol–water partition coefficient (Wildman–Crippen LogP) is 9.67. The zero-order valence-corrected chi connectivity index (χ0v) is 24.2. The van der Waals surface area contributed by atoms with Gasteiger partial charge in [0.25, 0.3) is 0 Å². The first-order valence-electron chi connectivity index (χ1n) is 15.0. The lowest BCUT2D eigenvalue weighted by Crippen LogP contribution is -1.98. The number of rotatable bonds is 4. The van der Waals surface area contributed by atoms with Crippen LogP contribution in [-0.2, 0) is 0 Å². The molecule has 5 aromatic heterocycles. The normalized spacial score (nSPS) is 11.6. The number of pyridine rings is 4. The summed E-state index contributed by atoms with van der Waals surface area (Å²) in [6.07, 6.45) is 9.41. The molecule has 210 valence electrons. The van der Waals surface area contributed by atoms with Crippen LogP contribution < -0.4 is 0 Å². The molecule has 5 heteroatoms. The number of hydrogen-bond acceptors (Lipinski definition) is 4. The highest BCUT2D eigenvalue weighted by Crippen LogP contribution is 2.42. The molecule has 0 saturated carbocycles. The molecule has 4 aromatic carbocycles. The van der Waals surface area contributed by atoms with E-state index in [0.29, 0.717) is 0 Å². The molecular weight excluding hydrogens is 550 g/mol. The van der Waals surface area contributed by atoms with E-state index in [0.717, 1.165) is 77.4 Å². The van der Waals surface area contributed by atoms with Crippen LogP contribution in [0.5, 0.6) is 0 Å². The average Bonchev–Trinajstić information content (AvgIpc) is 3.45. The van der Waals surface area contributed by atoms with Crippen LogP contribution in [0.4, 0.5) is 0 Å². The second-order valence-electron chi connectivity index (χ2n) is 11.2. The number of benzene rings is 4. The van der Waals surface area contributed by atoms with Crippen molar-refractivity contribution in [3.8, 4) is 39.3 Å². The van der Waals surface area contributed by atoms with Gasteiger partial charge in [-0.3, -0.25) is 14.5 Å². The monoisotopic (exact) mass is 575 g/mol. The fraction of sp³-hybridized carbons (Fsp3) is 0. The summed E-state index contributed by atoms with van der Waals surface area (Å²) >= 11 is 0. The molecule has 0 atom stereocenters. The van der Waals surface area contributed by atoms with Gasteiger partial charge in [0.2, 0.25) is 0 Å². The van der Waals surface area contributed by atoms with Gasteiger partial charge >= 0.3 is 0 Å². The van der Waals surface area contributed by atoms with Crippen molar-refractivity contribution in [2.75, 3.05) is 0 Å². The molecule has 0 saturated heterocycles. The van der Waals surface area contributed by atoms with Crippen LogP contribution in [0.3, 0.4) is 0 Å². The summed E-state index contributed by atoms with van der Waals surface area (Å²) < 4.78 is 2.30. The van der Waals surface area contributed by atoms with Crippen molar-refractivity contribution in [2.24, 2.45) is 0 Å². The first-order valence-corrected chi connectivity index (χ1v) is 15.0. The minimum absolute atomic E-state index is 0.855. The van der Waals surface area contributed by atoms with Crippen molar-refractivity contribution in [3.05, 3.63) is 152 Å². The van der Waals surface area contributed by atoms with Gasteiger partial charge in [0.15, 0.2) is 0 Å². The highest BCUT2D eigenvalue weighted by Gasteiger charge is 2.19. The lowest BCUT2D eigenvalue weighted by atomic mass is 9.95. The lowest BCUT2D eigenvalue weighted by Gasteiger charge is -2.12. The van der Waals surface area contributed by atoms with Crippen molar-refractivity contribution in [3.63, 3.8) is 0 Å². The van der Waals surface area contributed by atoms with Crippen molar-refractivity contribution in [1.29, 1.82) is 0 Å². The quantitative estimate of drug-likeness (QED) is 0.210. The van der Waals surface area contributed by atoms with Gasteiger partial charge in [-0.2, -0.15) is 0 Å². The van der Waals surface area contributed by atoms with Crippen LogP contribution in [0, 0.1) is 0 Å². The number of aromatic nitrogens is 5. The molecule has 0 spiro atoms. The molecule has 9 rings (SSSR count). The van der Waals surface area contributed by atoms with E-state index in [1.54, 1.807) is 0 Å². The summed E-state index contributed by atoms with van der Waals surface area (Å²) in [4.78, 5) is 18.8. The van der Waals surface area contributed by atoms with Gasteiger partial charge in [-0.15, -0.1) is 0 Å². The summed E-state index contributed by atoms with van der Waals surface area (Å²) in [6, 6.07) is 42.4. The van der Waals surface area contributed by atoms with E-state index in [1.807, 2.05) is 61.3 Å². The Kier molecular flexibility index (Phi) is 5.74. The Morgan fingerprint density at radius 3 is 2.07 bits per heavy atom. The van der Waals surface area contributed by atoms with E-state index in [4.69, 9.17) is 9.97 Å². The van der Waals surface area contributed by atoms with Crippen molar-refractivity contribution < 1.29 is 0 Å². The van der Waals surface area contributed by atoms with Gasteiger partial charge in [-0.05, 0) is 71.1 Å². The van der Waals surface area contributed by atoms with Gasteiger partial charge in [0.05, 0.1) is 22.2 Å². The zero-order valence-electron chi connectivity index (χ0n) is 24.2. The third-order valence-corrected chi connectivity index (χ3v) is 8.61. The average molecular weight is 576 g/mol. The molecular formula is C40H25N5. The Hall–Kier alpha value is -6.20. The third-order valence-electron chi connectivity index (χ3n) is 8.61. The Labute approximate surface area is 259 Å². The molecule has 0 bridgehead atoms. The van der Waals surface area contributed by atoms with Gasteiger partial charge in [-0.25, -0.2) is 9.97 Å². The highest BCUT2D eigenvalue weighted by atomic mass is 15.1. The van der Waals surface area contributed by atoms with Crippen LogP contribution in [-0.4, -0.2) is 24.5 Å². The van der Waals surface area contributed by atoms with Crippen molar-refractivity contribution in [1.82, 2.24) is 24.5 Å². The molecule has 0 radical (unpaired) electrons. The molecule has 5 heterocycles. The maximum Gasteiger partial charge on any atom is 0.137 e. The van der Waals surface area contributed by atoms with Gasteiger partial charge in [0.1, 0.15) is 5.82 Å². The largest absolute Gasteiger partial charge is 0.293 e. The third kappa shape index (κ3) is 4.17. The van der Waals surface area contributed by atoms with Crippen LogP contribution in [0.15, 0.2) is 152 Å². The Morgan fingerprint density at radius 1 is 0.489 bits per heavy atom. The topological polar surface area (TPSA) is 56.5 Å². The number of hydrogen-bond donors (Lipinski definition) is 0. The molecule has 0 amide bonds. The van der Waals surface area contributed by atoms with E-state index < -0.39 is 0 Å². The number of para-hydroxylation sites is 1. The number of fused-ring (bicyclic) bond motifs is 6. The maximum atomic E-state index is 5.05. The summed E-state index contributed by atoms with van der Waals surface area (Å²) in [6.45, 7) is 0. The molecule has 0 aliphatic heterocycles. The first-order chi connectivity index (χ1) is 22.3.